The van der Waals surface area contributed by atoms with E-state index in [0.29, 0.717) is 31.2 Å². The third-order valence-electron chi connectivity index (χ3n) is 4.58. The largest absolute Gasteiger partial charge is 0.353 e. The van der Waals surface area contributed by atoms with E-state index >= 15 is 0 Å². The van der Waals surface area contributed by atoms with Crippen molar-refractivity contribution in [2.45, 2.75) is 56.1 Å². The summed E-state index contributed by atoms with van der Waals surface area (Å²) in [5, 5.41) is 11.2. The fourth-order valence-electron chi connectivity index (χ4n) is 3.01. The van der Waals surface area contributed by atoms with Gasteiger partial charge < -0.3 is 5.32 Å². The maximum absolute atomic E-state index is 12.0. The van der Waals surface area contributed by atoms with Crippen LogP contribution in [-0.2, 0) is 4.79 Å². The molecule has 1 aliphatic carbocycles. The van der Waals surface area contributed by atoms with E-state index in [1.54, 1.807) is 0 Å². The summed E-state index contributed by atoms with van der Waals surface area (Å²) < 4.78 is 0. The number of amides is 1. The first kappa shape index (κ1) is 14.8. The molecule has 1 heterocycles. The number of carbonyl (C=O) groups is 1. The van der Waals surface area contributed by atoms with Crippen LogP contribution in [0.2, 0.25) is 0 Å². The van der Waals surface area contributed by atoms with Crippen LogP contribution in [-0.4, -0.2) is 17.6 Å². The number of rotatable bonds is 7. The van der Waals surface area contributed by atoms with Crippen molar-refractivity contribution in [2.75, 3.05) is 0 Å². The highest BCUT2D eigenvalue weighted by Gasteiger charge is 2.39. The van der Waals surface area contributed by atoms with Crippen molar-refractivity contribution in [1.29, 1.82) is 0 Å². The summed E-state index contributed by atoms with van der Waals surface area (Å²) >= 11 is 0. The molecule has 4 nitrogen and oxygen atoms in total. The lowest BCUT2D eigenvalue weighted by atomic mass is 9.76. The van der Waals surface area contributed by atoms with Crippen LogP contribution < -0.4 is 5.32 Å². The third kappa shape index (κ3) is 3.54. The van der Waals surface area contributed by atoms with Gasteiger partial charge in [-0.05, 0) is 24.3 Å². The van der Waals surface area contributed by atoms with Crippen molar-refractivity contribution in [3.05, 3.63) is 35.9 Å². The van der Waals surface area contributed by atoms with Gasteiger partial charge in [-0.25, -0.2) is 0 Å². The Bertz CT molecular complexity index is 591. The van der Waals surface area contributed by atoms with E-state index in [2.05, 4.69) is 45.7 Å². The van der Waals surface area contributed by atoms with Crippen molar-refractivity contribution in [2.24, 2.45) is 10.2 Å². The van der Waals surface area contributed by atoms with E-state index in [1.165, 1.54) is 5.56 Å². The molecule has 0 aromatic heterocycles. The lowest BCUT2D eigenvalue weighted by Gasteiger charge is -2.36. The topological polar surface area (TPSA) is 53.8 Å². The van der Waals surface area contributed by atoms with Gasteiger partial charge in [-0.15, -0.1) is 12.3 Å². The Morgan fingerprint density at radius 3 is 2.64 bits per heavy atom. The summed E-state index contributed by atoms with van der Waals surface area (Å²) in [5.74, 6) is 3.29. The van der Waals surface area contributed by atoms with Crippen LogP contribution >= 0.6 is 0 Å². The first-order valence-electron chi connectivity index (χ1n) is 7.93. The number of nitrogens with zero attached hydrogens (tertiary/aromatic N) is 2. The maximum atomic E-state index is 12.0. The number of carbonyl (C=O) groups excluding carboxylic acids is 1. The molecule has 0 unspecified atom stereocenters. The third-order valence-corrected chi connectivity index (χ3v) is 4.58. The minimum Gasteiger partial charge on any atom is -0.353 e. The van der Waals surface area contributed by atoms with E-state index in [-0.39, 0.29) is 11.6 Å². The molecular weight excluding hydrogens is 274 g/mol. The molecule has 3 rings (SSSR count). The molecule has 0 spiro atoms. The predicted octanol–water partition coefficient (Wildman–Crippen LogP) is 3.40. The Morgan fingerprint density at radius 2 is 2.00 bits per heavy atom. The lowest BCUT2D eigenvalue weighted by Crippen LogP contribution is -2.43. The van der Waals surface area contributed by atoms with Crippen molar-refractivity contribution in [1.82, 2.24) is 5.32 Å². The molecular formula is C18H21N3O. The summed E-state index contributed by atoms with van der Waals surface area (Å²) in [6.45, 7) is 0. The number of terminal acetylenes is 1. The van der Waals surface area contributed by atoms with Crippen LogP contribution in [0.1, 0.15) is 50.0 Å². The van der Waals surface area contributed by atoms with Gasteiger partial charge >= 0.3 is 0 Å². The molecule has 1 aliphatic heterocycles. The summed E-state index contributed by atoms with van der Waals surface area (Å²) in [6, 6.07) is 10.8. The van der Waals surface area contributed by atoms with Gasteiger partial charge in [-0.3, -0.25) is 4.79 Å². The molecule has 1 aromatic rings. The second kappa shape index (κ2) is 6.31. The Kier molecular flexibility index (Phi) is 4.24. The highest BCUT2D eigenvalue weighted by atomic mass is 16.1. The Labute approximate surface area is 131 Å². The van der Waals surface area contributed by atoms with E-state index in [4.69, 9.17) is 6.42 Å². The molecule has 22 heavy (non-hydrogen) atoms. The minimum atomic E-state index is -0.351. The van der Waals surface area contributed by atoms with Gasteiger partial charge in [0.15, 0.2) is 5.66 Å². The van der Waals surface area contributed by atoms with Crippen molar-refractivity contribution < 1.29 is 4.79 Å². The Hall–Kier alpha value is -2.15. The molecule has 0 atom stereocenters. The van der Waals surface area contributed by atoms with Crippen LogP contribution in [0.5, 0.6) is 0 Å². The smallest absolute Gasteiger partial charge is 0.220 e. The Morgan fingerprint density at radius 1 is 1.27 bits per heavy atom. The highest BCUT2D eigenvalue weighted by Crippen LogP contribution is 2.38. The molecule has 1 saturated carbocycles. The first-order chi connectivity index (χ1) is 10.7. The van der Waals surface area contributed by atoms with Gasteiger partial charge in [-0.1, -0.05) is 30.3 Å². The van der Waals surface area contributed by atoms with Crippen LogP contribution in [0.15, 0.2) is 40.6 Å². The number of benzene rings is 1. The average molecular weight is 295 g/mol. The van der Waals surface area contributed by atoms with Crippen molar-refractivity contribution in [3.8, 4) is 12.3 Å². The summed E-state index contributed by atoms with van der Waals surface area (Å²) in [6.07, 6.45) is 9.90. The number of nitrogens with one attached hydrogen (secondary N) is 1. The first-order valence-corrected chi connectivity index (χ1v) is 7.93. The minimum absolute atomic E-state index is 0.105. The van der Waals surface area contributed by atoms with Crippen LogP contribution in [0.25, 0.3) is 0 Å². The Balaban J connectivity index is 1.35. The molecule has 2 aliphatic rings. The quantitative estimate of drug-likeness (QED) is 0.770. The van der Waals surface area contributed by atoms with Crippen LogP contribution in [0.3, 0.4) is 0 Å². The fourth-order valence-corrected chi connectivity index (χ4v) is 3.01. The highest BCUT2D eigenvalue weighted by molar-refractivity contribution is 5.76. The molecule has 1 amide bonds. The zero-order valence-corrected chi connectivity index (χ0v) is 12.7. The molecule has 4 heteroatoms. The van der Waals surface area contributed by atoms with Gasteiger partial charge in [0.1, 0.15) is 0 Å². The van der Waals surface area contributed by atoms with Crippen molar-refractivity contribution in [3.63, 3.8) is 0 Å². The molecule has 0 saturated heterocycles. The number of hydrogen-bond donors (Lipinski definition) is 1. The van der Waals surface area contributed by atoms with Gasteiger partial charge in [0.2, 0.25) is 5.91 Å². The molecule has 0 radical (unpaired) electrons. The SMILES string of the molecule is C#CCCC1(CCC(=O)NC2CC(c3ccccc3)C2)N=N1. The second-order valence-corrected chi connectivity index (χ2v) is 6.23. The zero-order valence-electron chi connectivity index (χ0n) is 12.7. The van der Waals surface area contributed by atoms with E-state index in [1.807, 2.05) is 6.07 Å². The standard InChI is InChI=1S/C18H21N3O/c1-2-3-10-18(20-21-18)11-9-17(22)19-16-12-15(13-16)14-7-5-4-6-8-14/h1,4-8,15-16H,3,9-13H2,(H,19,22). The average Bonchev–Trinajstić information content (AvgIpc) is 3.28. The summed E-state index contributed by atoms with van der Waals surface area (Å²) in [7, 11) is 0. The van der Waals surface area contributed by atoms with Gasteiger partial charge in [0.05, 0.1) is 0 Å². The maximum Gasteiger partial charge on any atom is 0.220 e. The van der Waals surface area contributed by atoms with E-state index in [9.17, 15) is 4.79 Å². The van der Waals surface area contributed by atoms with Gasteiger partial charge in [0, 0.05) is 31.7 Å². The van der Waals surface area contributed by atoms with E-state index < -0.39 is 0 Å². The summed E-state index contributed by atoms with van der Waals surface area (Å²) in [5.41, 5.74) is 1.02. The molecule has 114 valence electrons. The van der Waals surface area contributed by atoms with E-state index in [0.717, 1.165) is 19.3 Å². The zero-order chi connectivity index (χ0) is 15.4. The predicted molar refractivity (Wildman–Crippen MR) is 85.2 cm³/mol. The second-order valence-electron chi connectivity index (χ2n) is 6.23. The van der Waals surface area contributed by atoms with Gasteiger partial charge in [-0.2, -0.15) is 10.2 Å². The van der Waals surface area contributed by atoms with Crippen LogP contribution in [0.4, 0.5) is 0 Å². The molecule has 1 aromatic carbocycles. The molecule has 0 bridgehead atoms. The summed E-state index contributed by atoms with van der Waals surface area (Å²) in [4.78, 5) is 12.0. The fraction of sp³-hybridized carbons (Fsp3) is 0.500. The number of hydrogen-bond acceptors (Lipinski definition) is 3. The normalized spacial score (nSPS) is 24.1. The van der Waals surface area contributed by atoms with Gasteiger partial charge in [0.25, 0.3) is 0 Å². The monoisotopic (exact) mass is 295 g/mol. The van der Waals surface area contributed by atoms with Crippen molar-refractivity contribution >= 4 is 5.91 Å². The lowest BCUT2D eigenvalue weighted by molar-refractivity contribution is -0.122. The molecule has 1 N–H and O–H groups in total. The molecule has 1 fully saturated rings. The van der Waals surface area contributed by atoms with Crippen LogP contribution in [0, 0.1) is 12.3 Å².